The van der Waals surface area contributed by atoms with Crippen LogP contribution in [-0.2, 0) is 21.3 Å². The first-order valence-corrected chi connectivity index (χ1v) is 17.6. The molecule has 0 unspecified atom stereocenters. The maximum atomic E-state index is 13.7. The molecule has 13 heteroatoms. The molecule has 0 radical (unpaired) electrons. The largest absolute Gasteiger partial charge is 0.495 e. The van der Waals surface area contributed by atoms with Crippen LogP contribution in [0.15, 0.2) is 47.4 Å². The summed E-state index contributed by atoms with van der Waals surface area (Å²) in [6.45, 7) is 3.05. The van der Waals surface area contributed by atoms with Gasteiger partial charge in [-0.25, -0.2) is 13.1 Å². The van der Waals surface area contributed by atoms with Gasteiger partial charge in [0.1, 0.15) is 12.3 Å². The molecule has 254 valence electrons. The molecule has 1 aliphatic carbocycles. The van der Waals surface area contributed by atoms with E-state index in [1.807, 2.05) is 6.07 Å². The smallest absolute Gasteiger partial charge is 0.406 e. The van der Waals surface area contributed by atoms with E-state index in [2.05, 4.69) is 32.1 Å². The predicted molar refractivity (Wildman–Crippen MR) is 176 cm³/mol. The molecule has 6 rings (SSSR count). The zero-order valence-corrected chi connectivity index (χ0v) is 27.6. The highest BCUT2D eigenvalue weighted by Gasteiger charge is 2.42. The van der Waals surface area contributed by atoms with Crippen molar-refractivity contribution in [2.45, 2.75) is 68.2 Å². The Hall–Kier alpha value is -3.44. The van der Waals surface area contributed by atoms with Crippen molar-refractivity contribution in [1.82, 2.24) is 14.2 Å². The Labute approximate surface area is 274 Å². The Kier molecular flexibility index (Phi) is 9.67. The van der Waals surface area contributed by atoms with Crippen LogP contribution in [0, 0.1) is 17.3 Å². The number of alkyl halides is 3. The van der Waals surface area contributed by atoms with Crippen LogP contribution in [0.1, 0.15) is 44.2 Å². The summed E-state index contributed by atoms with van der Waals surface area (Å²) >= 11 is 0. The van der Waals surface area contributed by atoms with Crippen molar-refractivity contribution < 1.29 is 31.1 Å². The molecule has 3 fully saturated rings. The van der Waals surface area contributed by atoms with Gasteiger partial charge in [0.15, 0.2) is 0 Å². The van der Waals surface area contributed by atoms with E-state index in [9.17, 15) is 21.6 Å². The number of hydrogen-bond donors (Lipinski definition) is 3. The zero-order chi connectivity index (χ0) is 33.2. The van der Waals surface area contributed by atoms with Gasteiger partial charge in [-0.1, -0.05) is 12.0 Å². The number of sulfonamides is 1. The molecule has 3 N–H and O–H groups in total. The Balaban J connectivity index is 1.14. The van der Waals surface area contributed by atoms with Crippen LogP contribution in [0.2, 0.25) is 0 Å². The number of fused-ring (bicyclic) bond motifs is 1. The van der Waals surface area contributed by atoms with Crippen molar-refractivity contribution in [2.75, 3.05) is 57.6 Å². The molecule has 1 aromatic heterocycles. The highest BCUT2D eigenvalue weighted by atomic mass is 32.2. The number of anilines is 2. The Morgan fingerprint density at radius 3 is 2.43 bits per heavy atom. The second-order valence-electron chi connectivity index (χ2n) is 12.9. The highest BCUT2D eigenvalue weighted by Crippen LogP contribution is 2.40. The minimum atomic E-state index is -4.43. The fourth-order valence-electron chi connectivity index (χ4n) is 7.09. The Morgan fingerprint density at radius 1 is 1.04 bits per heavy atom. The maximum Gasteiger partial charge on any atom is 0.406 e. The van der Waals surface area contributed by atoms with Gasteiger partial charge in [0.25, 0.3) is 0 Å². The molecule has 1 saturated carbocycles. The number of likely N-dealkylation sites (tertiary alicyclic amines) is 1. The van der Waals surface area contributed by atoms with E-state index in [0.717, 1.165) is 57.7 Å². The number of rotatable bonds is 9. The fourth-order valence-corrected chi connectivity index (χ4v) is 7.83. The topological polar surface area (TPSA) is 96.9 Å². The molecule has 3 heterocycles. The number of nitrogens with one attached hydrogen (secondary N) is 3. The van der Waals surface area contributed by atoms with Gasteiger partial charge in [-0.15, -0.1) is 0 Å². The minimum Gasteiger partial charge on any atom is -0.495 e. The molecular weight excluding hydrogens is 631 g/mol. The number of aromatic nitrogens is 1. The molecule has 0 atom stereocenters. The third kappa shape index (κ3) is 7.51. The summed E-state index contributed by atoms with van der Waals surface area (Å²) in [5.74, 6) is 6.15. The van der Waals surface area contributed by atoms with Crippen LogP contribution >= 0.6 is 0 Å². The average molecular weight is 674 g/mol. The normalized spacial score (nSPS) is 21.6. The lowest BCUT2D eigenvalue weighted by atomic mass is 9.76. The van der Waals surface area contributed by atoms with Crippen LogP contribution in [0.4, 0.5) is 24.5 Å². The predicted octanol–water partition coefficient (Wildman–Crippen LogP) is 5.42. The highest BCUT2D eigenvalue weighted by molar-refractivity contribution is 7.89. The van der Waals surface area contributed by atoms with Crippen LogP contribution in [-0.4, -0.2) is 83.2 Å². The van der Waals surface area contributed by atoms with Gasteiger partial charge in [0.2, 0.25) is 10.0 Å². The van der Waals surface area contributed by atoms with E-state index in [1.165, 1.54) is 43.7 Å². The van der Waals surface area contributed by atoms with Crippen molar-refractivity contribution in [3.8, 4) is 17.6 Å². The summed E-state index contributed by atoms with van der Waals surface area (Å²) in [5.41, 5.74) is 2.49. The maximum absolute atomic E-state index is 13.7. The molecule has 3 aliphatic rings. The zero-order valence-electron chi connectivity index (χ0n) is 26.8. The van der Waals surface area contributed by atoms with Gasteiger partial charge in [-0.2, -0.15) is 13.2 Å². The van der Waals surface area contributed by atoms with E-state index in [-0.39, 0.29) is 23.2 Å². The summed E-state index contributed by atoms with van der Waals surface area (Å²) in [5, 5.41) is 7.43. The monoisotopic (exact) mass is 673 g/mol. The average Bonchev–Trinajstić information content (AvgIpc) is 3.39. The molecule has 47 heavy (non-hydrogen) atoms. The molecule has 2 aromatic carbocycles. The molecule has 2 saturated heterocycles. The number of hydrogen-bond acceptors (Lipinski definition) is 7. The van der Waals surface area contributed by atoms with Gasteiger partial charge >= 0.3 is 6.18 Å². The number of piperidine rings is 1. The Bertz CT molecular complexity index is 1740. The number of methoxy groups -OCH3 is 1. The van der Waals surface area contributed by atoms with E-state index < -0.39 is 22.7 Å². The third-order valence-corrected chi connectivity index (χ3v) is 11.3. The van der Waals surface area contributed by atoms with E-state index in [1.54, 1.807) is 24.3 Å². The Morgan fingerprint density at radius 2 is 1.79 bits per heavy atom. The van der Waals surface area contributed by atoms with Gasteiger partial charge < -0.3 is 29.6 Å². The number of benzene rings is 2. The molecule has 0 amide bonds. The summed E-state index contributed by atoms with van der Waals surface area (Å²) < 4.78 is 79.7. The van der Waals surface area contributed by atoms with Crippen molar-refractivity contribution in [1.29, 1.82) is 0 Å². The van der Waals surface area contributed by atoms with Crippen LogP contribution in [0.3, 0.4) is 0 Å². The fraction of sp³-hybridized carbons (Fsp3) is 0.529. The first-order chi connectivity index (χ1) is 22.5. The standard InChI is InChI=1S/C34H42F3N5O4S/c1-38-47(43,44)27-12-13-30(32(20-27)45-2)39-16-4-5-26-19-28-29(6-3-7-31(28)42(26)21-34(35,36)37)40-24-8-10-25(11-9-24)41-17-14-33(15-18-41)22-46-23-33/h3,6-7,12-13,19-20,24-25,38-40H,8-11,14-18,21-23H2,1-2H3. The molecule has 9 nitrogen and oxygen atoms in total. The summed E-state index contributed by atoms with van der Waals surface area (Å²) in [4.78, 5) is 2.69. The van der Waals surface area contributed by atoms with E-state index >= 15 is 0 Å². The number of ether oxygens (including phenoxy) is 2. The molecule has 1 spiro atoms. The number of halogens is 3. The van der Waals surface area contributed by atoms with Crippen molar-refractivity contribution in [3.05, 3.63) is 48.2 Å². The minimum absolute atomic E-state index is 0.0437. The van der Waals surface area contributed by atoms with Gasteiger partial charge in [-0.05, 0) is 94.9 Å². The molecular formula is C34H42F3N5O4S. The SMILES string of the molecule is CNS(=O)(=O)c1ccc(NCC#Cc2cc3c(NC4CCC(N5CCC6(CC5)COC6)CC4)cccc3n2CC(F)(F)F)c(OC)c1. The van der Waals surface area contributed by atoms with Gasteiger partial charge in [0.05, 0.1) is 48.7 Å². The van der Waals surface area contributed by atoms with Crippen LogP contribution in [0.5, 0.6) is 5.75 Å². The second kappa shape index (κ2) is 13.6. The lowest BCUT2D eigenvalue weighted by molar-refractivity contribution is -0.143. The number of nitrogens with zero attached hydrogens (tertiary/aromatic N) is 2. The first-order valence-electron chi connectivity index (χ1n) is 16.1. The quantitative estimate of drug-likeness (QED) is 0.261. The van der Waals surface area contributed by atoms with Gasteiger partial charge in [0, 0.05) is 34.6 Å². The van der Waals surface area contributed by atoms with Crippen LogP contribution < -0.4 is 20.1 Å². The summed E-state index contributed by atoms with van der Waals surface area (Å²) in [7, 11) is -0.914. The van der Waals surface area contributed by atoms with Crippen LogP contribution in [0.25, 0.3) is 10.9 Å². The first kappa shape index (κ1) is 33.5. The van der Waals surface area contributed by atoms with E-state index in [0.29, 0.717) is 33.8 Å². The van der Waals surface area contributed by atoms with Gasteiger partial charge in [-0.3, -0.25) is 0 Å². The van der Waals surface area contributed by atoms with E-state index in [4.69, 9.17) is 9.47 Å². The third-order valence-electron chi connectivity index (χ3n) is 9.87. The molecule has 2 aliphatic heterocycles. The van der Waals surface area contributed by atoms with Crippen molar-refractivity contribution in [3.63, 3.8) is 0 Å². The lowest BCUT2D eigenvalue weighted by Crippen LogP contribution is -2.53. The van der Waals surface area contributed by atoms with Crippen molar-refractivity contribution >= 4 is 32.3 Å². The van der Waals surface area contributed by atoms with Crippen molar-refractivity contribution in [2.24, 2.45) is 5.41 Å². The second-order valence-corrected chi connectivity index (χ2v) is 14.8. The molecule has 3 aromatic rings. The lowest BCUT2D eigenvalue weighted by Gasteiger charge is -2.49. The summed E-state index contributed by atoms with van der Waals surface area (Å²) in [6.07, 6.45) is 2.24. The summed E-state index contributed by atoms with van der Waals surface area (Å²) in [6, 6.07) is 12.4. The molecule has 0 bridgehead atoms.